The maximum absolute atomic E-state index is 10.7. The summed E-state index contributed by atoms with van der Waals surface area (Å²) in [5, 5.41) is 0. The molecule has 2 aliphatic rings. The van der Waals surface area contributed by atoms with Gasteiger partial charge < -0.3 is 28.9 Å². The molecule has 0 saturated carbocycles. The smallest absolute Gasteiger partial charge is 0.302 e. The van der Waals surface area contributed by atoms with E-state index in [1.807, 2.05) is 27.8 Å². The summed E-state index contributed by atoms with van der Waals surface area (Å²) in [6.45, 7) is 17.3. The van der Waals surface area contributed by atoms with Crippen molar-refractivity contribution in [3.05, 3.63) is 0 Å². The minimum absolute atomic E-state index is 0.151. The fraction of sp³-hybridized carbons (Fsp3) is 0.783. The van der Waals surface area contributed by atoms with E-state index in [2.05, 4.69) is 4.74 Å². The average molecular weight is 463 g/mol. The van der Waals surface area contributed by atoms with Gasteiger partial charge in [0.15, 0.2) is 0 Å². The van der Waals surface area contributed by atoms with Crippen LogP contribution in [-0.2, 0) is 33.4 Å². The molecule has 0 atom stereocenters. The zero-order valence-electron chi connectivity index (χ0n) is 21.9. The molecule has 2 amide bonds. The molecule has 9 heteroatoms. The second-order valence-corrected chi connectivity index (χ2v) is 6.70. The molecule has 0 aromatic rings. The predicted molar refractivity (Wildman–Crippen MR) is 126 cm³/mol. The summed E-state index contributed by atoms with van der Waals surface area (Å²) in [5.74, 6) is 0.619. The Hall–Kier alpha value is -2.29. The van der Waals surface area contributed by atoms with Crippen LogP contribution in [0.25, 0.3) is 0 Å². The molecular weight excluding hydrogens is 416 g/mol. The Bertz CT molecular complexity index is 498. The van der Waals surface area contributed by atoms with Crippen molar-refractivity contribution in [3.63, 3.8) is 0 Å². The van der Waals surface area contributed by atoms with Crippen molar-refractivity contribution >= 4 is 29.4 Å². The highest BCUT2D eigenvalue weighted by Gasteiger charge is 2.14. The van der Waals surface area contributed by atoms with Crippen LogP contribution in [0.2, 0.25) is 0 Å². The molecule has 2 heterocycles. The van der Waals surface area contributed by atoms with Crippen LogP contribution in [0.4, 0.5) is 0 Å². The highest BCUT2D eigenvalue weighted by Crippen LogP contribution is 2.04. The SMILES string of the molecule is CC.CC(=O)N1CCOCC1.CC(C)=O.CCC(C)=O.CN1CCCC1=O.COC(C)=O. The molecule has 2 saturated heterocycles. The first-order valence-electron chi connectivity index (χ1n) is 11.0. The van der Waals surface area contributed by atoms with E-state index in [9.17, 15) is 24.0 Å². The lowest BCUT2D eigenvalue weighted by Gasteiger charge is -2.25. The number of likely N-dealkylation sites (tertiary alicyclic amines) is 1. The Kier molecular flexibility index (Phi) is 31.0. The van der Waals surface area contributed by atoms with E-state index in [-0.39, 0.29) is 23.4 Å². The van der Waals surface area contributed by atoms with Gasteiger partial charge in [0.05, 0.1) is 20.3 Å². The van der Waals surface area contributed by atoms with Crippen molar-refractivity contribution in [2.45, 2.75) is 74.7 Å². The fourth-order valence-electron chi connectivity index (χ4n) is 1.66. The number of methoxy groups -OCH3 is 1. The van der Waals surface area contributed by atoms with Gasteiger partial charge in [-0.15, -0.1) is 0 Å². The molecular formula is C23H46N2O7. The first-order chi connectivity index (χ1) is 14.9. The normalized spacial score (nSPS) is 13.5. The third-order valence-corrected chi connectivity index (χ3v) is 3.55. The van der Waals surface area contributed by atoms with Crippen LogP contribution < -0.4 is 0 Å². The number of carbonyl (C=O) groups is 5. The van der Waals surface area contributed by atoms with Crippen LogP contribution >= 0.6 is 0 Å². The number of hydrogen-bond acceptors (Lipinski definition) is 7. The van der Waals surface area contributed by atoms with Gasteiger partial charge in [-0.25, -0.2) is 0 Å². The summed E-state index contributed by atoms with van der Waals surface area (Å²) in [4.78, 5) is 53.6. The van der Waals surface area contributed by atoms with Gasteiger partial charge in [-0.1, -0.05) is 20.8 Å². The number of rotatable bonds is 1. The van der Waals surface area contributed by atoms with E-state index in [4.69, 9.17) is 4.74 Å². The Labute approximate surface area is 194 Å². The van der Waals surface area contributed by atoms with Gasteiger partial charge >= 0.3 is 5.97 Å². The minimum atomic E-state index is -0.245. The quantitative estimate of drug-likeness (QED) is 0.551. The second kappa shape index (κ2) is 26.7. The summed E-state index contributed by atoms with van der Waals surface area (Å²) < 4.78 is 9.17. The van der Waals surface area contributed by atoms with Crippen molar-refractivity contribution in [2.75, 3.05) is 47.0 Å². The second-order valence-electron chi connectivity index (χ2n) is 6.70. The third-order valence-electron chi connectivity index (χ3n) is 3.55. The van der Waals surface area contributed by atoms with Gasteiger partial charge in [-0.2, -0.15) is 0 Å². The molecule has 0 spiro atoms. The first-order valence-corrected chi connectivity index (χ1v) is 11.0. The highest BCUT2D eigenvalue weighted by molar-refractivity contribution is 5.77. The zero-order valence-corrected chi connectivity index (χ0v) is 21.9. The number of carbonyl (C=O) groups excluding carboxylic acids is 5. The van der Waals surface area contributed by atoms with Crippen LogP contribution in [0.1, 0.15) is 74.7 Å². The number of nitrogens with zero attached hydrogens (tertiary/aromatic N) is 2. The van der Waals surface area contributed by atoms with E-state index in [1.165, 1.54) is 27.9 Å². The Morgan fingerprint density at radius 1 is 0.938 bits per heavy atom. The molecule has 32 heavy (non-hydrogen) atoms. The Morgan fingerprint density at radius 2 is 1.31 bits per heavy atom. The van der Waals surface area contributed by atoms with Gasteiger partial charge in [0.25, 0.3) is 0 Å². The van der Waals surface area contributed by atoms with Crippen molar-refractivity contribution in [1.29, 1.82) is 0 Å². The van der Waals surface area contributed by atoms with Crippen LogP contribution in [0.5, 0.6) is 0 Å². The minimum Gasteiger partial charge on any atom is -0.469 e. The number of Topliss-reactive ketones (excluding diaryl/α,β-unsaturated/α-hetero) is 2. The van der Waals surface area contributed by atoms with E-state index in [1.54, 1.807) is 23.6 Å². The van der Waals surface area contributed by atoms with E-state index >= 15 is 0 Å². The molecule has 0 aliphatic carbocycles. The lowest BCUT2D eigenvalue weighted by atomic mass is 10.4. The van der Waals surface area contributed by atoms with Crippen LogP contribution in [0, 0.1) is 0 Å². The number of esters is 1. The Balaban J connectivity index is -0.000000155. The largest absolute Gasteiger partial charge is 0.469 e. The summed E-state index contributed by atoms with van der Waals surface area (Å²) >= 11 is 0. The molecule has 0 aromatic carbocycles. The van der Waals surface area contributed by atoms with E-state index in [0.717, 1.165) is 32.5 Å². The molecule has 9 nitrogen and oxygen atoms in total. The van der Waals surface area contributed by atoms with Crippen molar-refractivity contribution in [3.8, 4) is 0 Å². The molecule has 2 rings (SSSR count). The molecule has 2 fully saturated rings. The predicted octanol–water partition coefficient (Wildman–Crippen LogP) is 2.89. The fourth-order valence-corrected chi connectivity index (χ4v) is 1.66. The molecule has 0 radical (unpaired) electrons. The van der Waals surface area contributed by atoms with E-state index in [0.29, 0.717) is 25.5 Å². The Morgan fingerprint density at radius 3 is 1.44 bits per heavy atom. The topological polar surface area (TPSA) is 110 Å². The van der Waals surface area contributed by atoms with Crippen molar-refractivity contribution in [1.82, 2.24) is 9.80 Å². The van der Waals surface area contributed by atoms with Gasteiger partial charge in [-0.3, -0.25) is 14.4 Å². The first kappa shape index (κ1) is 37.0. The summed E-state index contributed by atoms with van der Waals surface area (Å²) in [5.41, 5.74) is 0. The van der Waals surface area contributed by atoms with Crippen LogP contribution in [-0.4, -0.2) is 86.2 Å². The van der Waals surface area contributed by atoms with Gasteiger partial charge in [0.1, 0.15) is 11.6 Å². The monoisotopic (exact) mass is 462 g/mol. The maximum Gasteiger partial charge on any atom is 0.302 e. The number of hydrogen-bond donors (Lipinski definition) is 0. The van der Waals surface area contributed by atoms with Crippen molar-refractivity contribution < 1.29 is 33.4 Å². The van der Waals surface area contributed by atoms with Crippen LogP contribution in [0.15, 0.2) is 0 Å². The van der Waals surface area contributed by atoms with E-state index < -0.39 is 0 Å². The molecule has 0 unspecified atom stereocenters. The van der Waals surface area contributed by atoms with Gasteiger partial charge in [0, 0.05) is 53.4 Å². The lowest BCUT2D eigenvalue weighted by molar-refractivity contribution is -0.138. The average Bonchev–Trinajstić information content (AvgIpc) is 3.13. The summed E-state index contributed by atoms with van der Waals surface area (Å²) in [6.07, 6.45) is 2.48. The number of ether oxygens (including phenoxy) is 2. The lowest BCUT2D eigenvalue weighted by Crippen LogP contribution is -2.39. The number of amides is 2. The maximum atomic E-state index is 10.7. The number of morpholine rings is 1. The zero-order chi connectivity index (χ0) is 26.1. The molecule has 0 aromatic heterocycles. The van der Waals surface area contributed by atoms with Gasteiger partial charge in [0.2, 0.25) is 11.8 Å². The highest BCUT2D eigenvalue weighted by atomic mass is 16.5. The van der Waals surface area contributed by atoms with Gasteiger partial charge in [-0.05, 0) is 27.2 Å². The molecule has 190 valence electrons. The number of ketones is 2. The summed E-state index contributed by atoms with van der Waals surface area (Å²) in [6, 6.07) is 0. The molecule has 0 N–H and O–H groups in total. The standard InChI is InChI=1S/C6H11NO2.C5H9NO.C4H8O.C3H6O2.C3H6O.C2H6/c1-6(8)7-2-4-9-5-3-7;1-6-4-2-3-5(6)7;1-3-4(2)5;1-3(4)5-2;1-3(2)4;1-2/h2-5H2,1H3;2-4H2,1H3;3H2,1-2H3;1-2H3;1-2H3;1-2H3. The van der Waals surface area contributed by atoms with Crippen LogP contribution in [0.3, 0.4) is 0 Å². The molecule has 2 aliphatic heterocycles. The molecule has 0 bridgehead atoms. The third kappa shape index (κ3) is 35.2. The summed E-state index contributed by atoms with van der Waals surface area (Å²) in [7, 11) is 3.19. The van der Waals surface area contributed by atoms with Crippen molar-refractivity contribution in [2.24, 2.45) is 0 Å².